The number of rotatable bonds is 15. The second-order valence-corrected chi connectivity index (χ2v) is 7.63. The third kappa shape index (κ3) is 14.4. The number of hydrogen-bond acceptors (Lipinski definition) is 6. The standard InChI is InChI=1S/C24H38O7/c1-5-20(25)22(27)13-11-9-7-6-8-10-12-21(26)18(3)16-17(2)19(4)31-24(30)15-14-23(28)29/h6-11,16-17,19-22,25-27H,5,12-15H2,1-4H3,(H,28,29)/b7-6+,10-8+,11-9+,18-16?/t17-,19-,20-,21+,22-/m1/s1. The summed E-state index contributed by atoms with van der Waals surface area (Å²) < 4.78 is 5.23. The zero-order valence-electron chi connectivity index (χ0n) is 19.0. The molecule has 0 rings (SSSR count). The van der Waals surface area contributed by atoms with Gasteiger partial charge < -0.3 is 25.2 Å². The van der Waals surface area contributed by atoms with Gasteiger partial charge in [-0.15, -0.1) is 0 Å². The van der Waals surface area contributed by atoms with Gasteiger partial charge in [0.05, 0.1) is 31.2 Å². The largest absolute Gasteiger partial charge is 0.481 e. The monoisotopic (exact) mass is 438 g/mol. The van der Waals surface area contributed by atoms with Gasteiger partial charge in [0.15, 0.2) is 0 Å². The van der Waals surface area contributed by atoms with Crippen molar-refractivity contribution < 1.29 is 34.8 Å². The molecule has 0 radical (unpaired) electrons. The zero-order valence-corrected chi connectivity index (χ0v) is 19.0. The normalized spacial score (nSPS) is 17.7. The molecule has 0 unspecified atom stereocenters. The van der Waals surface area contributed by atoms with Crippen LogP contribution in [0.2, 0.25) is 0 Å². The molecule has 0 fully saturated rings. The van der Waals surface area contributed by atoms with Crippen LogP contribution >= 0.6 is 0 Å². The molecule has 0 aliphatic rings. The molecule has 0 aromatic carbocycles. The van der Waals surface area contributed by atoms with Gasteiger partial charge in [-0.1, -0.05) is 56.4 Å². The van der Waals surface area contributed by atoms with Crippen LogP contribution in [0.1, 0.15) is 59.8 Å². The minimum atomic E-state index is -1.04. The lowest BCUT2D eigenvalue weighted by atomic mass is 9.99. The molecular weight excluding hydrogens is 400 g/mol. The zero-order chi connectivity index (χ0) is 23.8. The fourth-order valence-corrected chi connectivity index (χ4v) is 2.57. The second-order valence-electron chi connectivity index (χ2n) is 7.63. The molecule has 7 heteroatoms. The number of aliphatic carboxylic acids is 1. The van der Waals surface area contributed by atoms with Crippen molar-refractivity contribution >= 4 is 11.9 Å². The maximum Gasteiger partial charge on any atom is 0.306 e. The van der Waals surface area contributed by atoms with Crippen LogP contribution in [0.25, 0.3) is 0 Å². The van der Waals surface area contributed by atoms with Crippen molar-refractivity contribution in [1.82, 2.24) is 0 Å². The van der Waals surface area contributed by atoms with E-state index in [1.54, 1.807) is 25.2 Å². The molecule has 0 aromatic heterocycles. The van der Waals surface area contributed by atoms with E-state index in [1.165, 1.54) is 0 Å². The molecule has 0 aliphatic heterocycles. The number of carboxylic acids is 1. The van der Waals surface area contributed by atoms with Crippen LogP contribution in [0, 0.1) is 5.92 Å². The first-order chi connectivity index (χ1) is 14.6. The van der Waals surface area contributed by atoms with Crippen LogP contribution in [0.15, 0.2) is 48.1 Å². The Morgan fingerprint density at radius 1 is 0.903 bits per heavy atom. The van der Waals surface area contributed by atoms with E-state index in [0.29, 0.717) is 19.3 Å². The Morgan fingerprint density at radius 3 is 2.03 bits per heavy atom. The minimum Gasteiger partial charge on any atom is -0.481 e. The Morgan fingerprint density at radius 2 is 1.48 bits per heavy atom. The maximum atomic E-state index is 11.6. The number of allylic oxidation sites excluding steroid dienone is 4. The summed E-state index contributed by atoms with van der Waals surface area (Å²) in [4.78, 5) is 22.1. The van der Waals surface area contributed by atoms with E-state index in [1.807, 2.05) is 45.1 Å². The van der Waals surface area contributed by atoms with Gasteiger partial charge in [0.2, 0.25) is 0 Å². The van der Waals surface area contributed by atoms with E-state index in [2.05, 4.69) is 0 Å². The molecule has 0 saturated carbocycles. The SMILES string of the molecule is CC[C@@H](O)[C@H](O)C/C=C/C=C/C=C/C[C@H](O)C(C)=C[C@@H](C)[C@@H](C)OC(=O)CCC(=O)O. The van der Waals surface area contributed by atoms with Crippen LogP contribution in [0.5, 0.6) is 0 Å². The number of esters is 1. The highest BCUT2D eigenvalue weighted by atomic mass is 16.5. The first-order valence-electron chi connectivity index (χ1n) is 10.7. The molecule has 176 valence electrons. The molecule has 0 saturated heterocycles. The third-order valence-electron chi connectivity index (χ3n) is 4.86. The van der Waals surface area contributed by atoms with Gasteiger partial charge in [-0.3, -0.25) is 9.59 Å². The molecule has 0 amide bonds. The first kappa shape index (κ1) is 28.8. The van der Waals surface area contributed by atoms with E-state index in [0.717, 1.165) is 5.57 Å². The lowest BCUT2D eigenvalue weighted by Crippen LogP contribution is -2.23. The smallest absolute Gasteiger partial charge is 0.306 e. The average Bonchev–Trinajstić information content (AvgIpc) is 2.72. The molecule has 4 N–H and O–H groups in total. The van der Waals surface area contributed by atoms with Gasteiger partial charge in [0.25, 0.3) is 0 Å². The predicted octanol–water partition coefficient (Wildman–Crippen LogP) is 3.31. The summed E-state index contributed by atoms with van der Waals surface area (Å²) in [6.45, 7) is 7.23. The summed E-state index contributed by atoms with van der Waals surface area (Å²) in [7, 11) is 0. The fraction of sp³-hybridized carbons (Fsp3) is 0.583. The number of carboxylic acid groups (broad SMARTS) is 1. The van der Waals surface area contributed by atoms with Crippen molar-refractivity contribution in [2.24, 2.45) is 5.92 Å². The quantitative estimate of drug-likeness (QED) is 0.176. The Balaban J connectivity index is 4.38. The number of ether oxygens (including phenoxy) is 1. The van der Waals surface area contributed by atoms with Crippen molar-refractivity contribution in [2.45, 2.75) is 84.2 Å². The van der Waals surface area contributed by atoms with Crippen molar-refractivity contribution in [3.05, 3.63) is 48.1 Å². The molecule has 5 atom stereocenters. The molecular formula is C24H38O7. The maximum absolute atomic E-state index is 11.6. The highest BCUT2D eigenvalue weighted by Crippen LogP contribution is 2.16. The molecule has 7 nitrogen and oxygen atoms in total. The van der Waals surface area contributed by atoms with E-state index >= 15 is 0 Å². The van der Waals surface area contributed by atoms with Gasteiger partial charge in [-0.25, -0.2) is 0 Å². The minimum absolute atomic E-state index is 0.126. The molecule has 0 aromatic rings. The van der Waals surface area contributed by atoms with Crippen LogP contribution in [0.3, 0.4) is 0 Å². The van der Waals surface area contributed by atoms with E-state index in [-0.39, 0.29) is 18.8 Å². The summed E-state index contributed by atoms with van der Waals surface area (Å²) in [5.74, 6) is -1.71. The summed E-state index contributed by atoms with van der Waals surface area (Å²) in [6.07, 6.45) is 11.0. The van der Waals surface area contributed by atoms with Crippen LogP contribution in [-0.2, 0) is 14.3 Å². The average molecular weight is 439 g/mol. The summed E-state index contributed by atoms with van der Waals surface area (Å²) >= 11 is 0. The Labute approximate surface area is 185 Å². The van der Waals surface area contributed by atoms with Gasteiger partial charge in [-0.2, -0.15) is 0 Å². The summed E-state index contributed by atoms with van der Waals surface area (Å²) in [5.41, 5.74) is 0.762. The number of carbonyl (C=O) groups is 2. The van der Waals surface area contributed by atoms with Gasteiger partial charge in [0, 0.05) is 5.92 Å². The van der Waals surface area contributed by atoms with Crippen LogP contribution in [0.4, 0.5) is 0 Å². The van der Waals surface area contributed by atoms with Gasteiger partial charge in [-0.05, 0) is 38.7 Å². The van der Waals surface area contributed by atoms with E-state index < -0.39 is 36.4 Å². The van der Waals surface area contributed by atoms with Gasteiger partial charge >= 0.3 is 11.9 Å². The summed E-state index contributed by atoms with van der Waals surface area (Å²) in [6, 6.07) is 0. The van der Waals surface area contributed by atoms with Crippen molar-refractivity contribution in [3.63, 3.8) is 0 Å². The number of carbonyl (C=O) groups excluding carboxylic acids is 1. The van der Waals surface area contributed by atoms with Crippen molar-refractivity contribution in [1.29, 1.82) is 0 Å². The predicted molar refractivity (Wildman–Crippen MR) is 120 cm³/mol. The molecule has 0 bridgehead atoms. The number of hydrogen-bond donors (Lipinski definition) is 4. The third-order valence-corrected chi connectivity index (χ3v) is 4.86. The number of aliphatic hydroxyl groups excluding tert-OH is 3. The Bertz CT molecular complexity index is 648. The first-order valence-corrected chi connectivity index (χ1v) is 10.7. The Kier molecular flexibility index (Phi) is 15.3. The van der Waals surface area contributed by atoms with E-state index in [9.17, 15) is 24.9 Å². The van der Waals surface area contributed by atoms with Crippen LogP contribution < -0.4 is 0 Å². The highest BCUT2D eigenvalue weighted by molar-refractivity contribution is 5.76. The van der Waals surface area contributed by atoms with Gasteiger partial charge in [0.1, 0.15) is 6.10 Å². The molecule has 0 aliphatic carbocycles. The topological polar surface area (TPSA) is 124 Å². The summed E-state index contributed by atoms with van der Waals surface area (Å²) in [5, 5.41) is 38.0. The fourth-order valence-electron chi connectivity index (χ4n) is 2.57. The lowest BCUT2D eigenvalue weighted by molar-refractivity contribution is -0.152. The van der Waals surface area contributed by atoms with Crippen molar-refractivity contribution in [3.8, 4) is 0 Å². The number of aliphatic hydroxyl groups is 3. The highest BCUT2D eigenvalue weighted by Gasteiger charge is 2.17. The van der Waals surface area contributed by atoms with Crippen LogP contribution in [-0.4, -0.2) is 56.8 Å². The molecule has 0 heterocycles. The molecule has 31 heavy (non-hydrogen) atoms. The second kappa shape index (κ2) is 16.5. The Hall–Kier alpha value is -2.22. The van der Waals surface area contributed by atoms with Crippen molar-refractivity contribution in [2.75, 3.05) is 0 Å². The lowest BCUT2D eigenvalue weighted by Gasteiger charge is -2.19. The molecule has 0 spiro atoms. The van der Waals surface area contributed by atoms with E-state index in [4.69, 9.17) is 9.84 Å².